The summed E-state index contributed by atoms with van der Waals surface area (Å²) >= 11 is 1.76. The summed E-state index contributed by atoms with van der Waals surface area (Å²) in [5.41, 5.74) is 2.34. The highest BCUT2D eigenvalue weighted by Crippen LogP contribution is 2.32. The summed E-state index contributed by atoms with van der Waals surface area (Å²) in [5, 5.41) is 0.0945. The summed E-state index contributed by atoms with van der Waals surface area (Å²) in [4.78, 5) is 23.8. The molecule has 2 aromatic rings. The molecule has 2 saturated heterocycles. The number of aromatic nitrogens is 3. The summed E-state index contributed by atoms with van der Waals surface area (Å²) in [6.07, 6.45) is 2.83. The highest BCUT2D eigenvalue weighted by molar-refractivity contribution is 7.99. The van der Waals surface area contributed by atoms with Crippen LogP contribution in [0.25, 0.3) is 0 Å². The van der Waals surface area contributed by atoms with E-state index in [1.807, 2.05) is 24.0 Å². The highest BCUT2D eigenvalue weighted by Gasteiger charge is 2.34. The van der Waals surface area contributed by atoms with Gasteiger partial charge in [0.15, 0.2) is 5.03 Å². The third-order valence-electron chi connectivity index (χ3n) is 5.87. The molecular weight excluding hydrogens is 422 g/mol. The number of hydrogen-bond acceptors (Lipinski definition) is 6. The van der Waals surface area contributed by atoms with Crippen molar-refractivity contribution < 1.29 is 13.2 Å². The van der Waals surface area contributed by atoms with Crippen molar-refractivity contribution >= 4 is 27.7 Å². The fourth-order valence-corrected chi connectivity index (χ4v) is 6.41. The molecule has 0 aromatic carbocycles. The summed E-state index contributed by atoms with van der Waals surface area (Å²) in [5.74, 6) is 2.43. The van der Waals surface area contributed by atoms with Crippen molar-refractivity contribution in [3.8, 4) is 0 Å². The van der Waals surface area contributed by atoms with Gasteiger partial charge in [-0.3, -0.25) is 9.78 Å². The third-order valence-corrected chi connectivity index (χ3v) is 8.60. The number of rotatable bonds is 4. The van der Waals surface area contributed by atoms with E-state index in [1.165, 1.54) is 4.31 Å². The van der Waals surface area contributed by atoms with Gasteiger partial charge in [-0.2, -0.15) is 4.31 Å². The number of thioether (sulfide) groups is 1. The lowest BCUT2D eigenvalue weighted by atomic mass is 9.90. The lowest BCUT2D eigenvalue weighted by molar-refractivity contribution is 0.0800. The normalized spacial score (nSPS) is 18.8. The van der Waals surface area contributed by atoms with Crippen LogP contribution in [0.4, 0.5) is 0 Å². The van der Waals surface area contributed by atoms with Gasteiger partial charge < -0.3 is 9.47 Å². The van der Waals surface area contributed by atoms with Crippen molar-refractivity contribution in [3.05, 3.63) is 41.1 Å². The number of sulfonamides is 1. The molecule has 8 nitrogen and oxygen atoms in total. The van der Waals surface area contributed by atoms with Crippen LogP contribution in [0, 0.1) is 13.8 Å². The number of piperidine rings is 1. The quantitative estimate of drug-likeness (QED) is 0.711. The molecule has 0 atom stereocenters. The number of amides is 1. The molecule has 10 heteroatoms. The second-order valence-electron chi connectivity index (χ2n) is 7.91. The minimum absolute atomic E-state index is 0.0292. The fraction of sp³-hybridized carbons (Fsp3) is 0.550. The Morgan fingerprint density at radius 1 is 1.13 bits per heavy atom. The Morgan fingerprint density at radius 3 is 2.47 bits per heavy atom. The molecule has 30 heavy (non-hydrogen) atoms. The first kappa shape index (κ1) is 21.3. The molecule has 4 rings (SSSR count). The maximum Gasteiger partial charge on any atom is 0.262 e. The maximum absolute atomic E-state index is 13.0. The number of pyridine rings is 1. The van der Waals surface area contributed by atoms with Crippen LogP contribution in [-0.2, 0) is 17.1 Å². The number of carbonyl (C=O) groups excluding carboxylic acids is 1. The number of aryl methyl sites for hydroxylation is 3. The van der Waals surface area contributed by atoms with E-state index in [0.717, 1.165) is 23.7 Å². The minimum Gasteiger partial charge on any atom is -0.337 e. The van der Waals surface area contributed by atoms with Gasteiger partial charge in [-0.1, -0.05) is 0 Å². The molecule has 4 heterocycles. The van der Waals surface area contributed by atoms with Crippen LogP contribution in [0.15, 0.2) is 23.4 Å². The number of imidazole rings is 1. The first-order valence-corrected chi connectivity index (χ1v) is 12.7. The topological polar surface area (TPSA) is 88.4 Å². The molecule has 0 N–H and O–H groups in total. The van der Waals surface area contributed by atoms with Crippen LogP contribution in [-0.4, -0.2) is 69.3 Å². The fourth-order valence-electron chi connectivity index (χ4n) is 3.97. The van der Waals surface area contributed by atoms with Gasteiger partial charge >= 0.3 is 0 Å². The Kier molecular flexibility index (Phi) is 5.91. The summed E-state index contributed by atoms with van der Waals surface area (Å²) < 4.78 is 29.2. The molecule has 0 unspecified atom stereocenters. The van der Waals surface area contributed by atoms with Gasteiger partial charge in [-0.05, 0) is 38.8 Å². The second-order valence-corrected chi connectivity index (χ2v) is 10.9. The Hall–Kier alpha value is -1.91. The first-order valence-electron chi connectivity index (χ1n) is 10.1. The van der Waals surface area contributed by atoms with Gasteiger partial charge in [0.05, 0.1) is 17.1 Å². The molecule has 2 aliphatic heterocycles. The van der Waals surface area contributed by atoms with E-state index in [2.05, 4.69) is 4.98 Å². The summed E-state index contributed by atoms with van der Waals surface area (Å²) in [6, 6.07) is 3.76. The van der Waals surface area contributed by atoms with Crippen LogP contribution in [0.2, 0.25) is 0 Å². The van der Waals surface area contributed by atoms with E-state index in [0.29, 0.717) is 43.2 Å². The maximum atomic E-state index is 13.0. The zero-order valence-electron chi connectivity index (χ0n) is 17.5. The molecule has 2 fully saturated rings. The predicted octanol–water partition coefficient (Wildman–Crippen LogP) is 2.15. The number of nitrogens with zero attached hydrogens (tertiary/aromatic N) is 5. The van der Waals surface area contributed by atoms with Gasteiger partial charge in [0.2, 0.25) is 0 Å². The van der Waals surface area contributed by atoms with Crippen molar-refractivity contribution in [2.24, 2.45) is 7.05 Å². The van der Waals surface area contributed by atoms with Crippen LogP contribution in [0.5, 0.6) is 0 Å². The van der Waals surface area contributed by atoms with E-state index in [-0.39, 0.29) is 16.9 Å². The van der Waals surface area contributed by atoms with E-state index in [9.17, 15) is 13.2 Å². The number of hydrogen-bond donors (Lipinski definition) is 0. The summed E-state index contributed by atoms with van der Waals surface area (Å²) in [6.45, 7) is 5.26. The Morgan fingerprint density at radius 2 is 1.87 bits per heavy atom. The predicted molar refractivity (Wildman–Crippen MR) is 116 cm³/mol. The Labute approximate surface area is 181 Å². The SMILES string of the molecule is Cc1ccc(C(=O)N2CCSC2)c(C2CCN(S(=O)(=O)c3cn(C)c(C)n3)CC2)n1. The largest absolute Gasteiger partial charge is 0.337 e. The minimum atomic E-state index is -3.61. The Bertz CT molecular complexity index is 1030. The monoisotopic (exact) mass is 449 g/mol. The first-order chi connectivity index (χ1) is 14.3. The number of carbonyl (C=O) groups is 1. The molecule has 0 aliphatic carbocycles. The second kappa shape index (κ2) is 8.32. The van der Waals surface area contributed by atoms with Gasteiger partial charge in [0.1, 0.15) is 5.82 Å². The molecule has 0 radical (unpaired) electrons. The smallest absolute Gasteiger partial charge is 0.262 e. The van der Waals surface area contributed by atoms with E-state index in [4.69, 9.17) is 4.98 Å². The third kappa shape index (κ3) is 4.00. The van der Waals surface area contributed by atoms with Crippen LogP contribution in [0.3, 0.4) is 0 Å². The van der Waals surface area contributed by atoms with Crippen LogP contribution in [0.1, 0.15) is 46.3 Å². The zero-order valence-corrected chi connectivity index (χ0v) is 19.2. The van der Waals surface area contributed by atoms with Gasteiger partial charge in [-0.15, -0.1) is 11.8 Å². The van der Waals surface area contributed by atoms with Gasteiger partial charge in [0, 0.05) is 50.2 Å². The van der Waals surface area contributed by atoms with E-state index < -0.39 is 10.0 Å². The molecular formula is C20H27N5O3S2. The van der Waals surface area contributed by atoms with Gasteiger partial charge in [0.25, 0.3) is 15.9 Å². The van der Waals surface area contributed by atoms with Crippen LogP contribution >= 0.6 is 11.8 Å². The Balaban J connectivity index is 1.53. The lowest BCUT2D eigenvalue weighted by Crippen LogP contribution is -2.39. The van der Waals surface area contributed by atoms with Gasteiger partial charge in [-0.25, -0.2) is 13.4 Å². The lowest BCUT2D eigenvalue weighted by Gasteiger charge is -2.31. The standard InChI is InChI=1S/C20H27N5O3S2/c1-14-4-5-17(20(26)24-10-11-29-13-24)19(21-14)16-6-8-25(9-7-16)30(27,28)18-12-23(3)15(2)22-18/h4-5,12,16H,6-11,13H2,1-3H3. The molecule has 2 aliphatic rings. The van der Waals surface area contributed by atoms with E-state index in [1.54, 1.807) is 36.5 Å². The molecule has 0 spiro atoms. The molecule has 0 saturated carbocycles. The average Bonchev–Trinajstić information content (AvgIpc) is 3.38. The van der Waals surface area contributed by atoms with Crippen LogP contribution < -0.4 is 0 Å². The van der Waals surface area contributed by atoms with Crippen molar-refractivity contribution in [3.63, 3.8) is 0 Å². The van der Waals surface area contributed by atoms with Crippen molar-refractivity contribution in [2.75, 3.05) is 31.3 Å². The summed E-state index contributed by atoms with van der Waals surface area (Å²) in [7, 11) is -1.83. The molecule has 0 bridgehead atoms. The molecule has 1 amide bonds. The van der Waals surface area contributed by atoms with Crippen molar-refractivity contribution in [1.82, 2.24) is 23.7 Å². The molecule has 2 aromatic heterocycles. The van der Waals surface area contributed by atoms with Crippen molar-refractivity contribution in [2.45, 2.75) is 37.6 Å². The molecule has 162 valence electrons. The average molecular weight is 450 g/mol. The highest BCUT2D eigenvalue weighted by atomic mass is 32.2. The zero-order chi connectivity index (χ0) is 21.5. The van der Waals surface area contributed by atoms with E-state index >= 15 is 0 Å². The van der Waals surface area contributed by atoms with Crippen molar-refractivity contribution in [1.29, 1.82) is 0 Å².